The van der Waals surface area contributed by atoms with Crippen molar-refractivity contribution in [3.8, 4) is 5.75 Å². The summed E-state index contributed by atoms with van der Waals surface area (Å²) in [6, 6.07) is 8.32. The number of hydrogen-bond acceptors (Lipinski definition) is 2. The predicted octanol–water partition coefficient (Wildman–Crippen LogP) is 5.61. The van der Waals surface area contributed by atoms with Gasteiger partial charge in [0.05, 0.1) is 0 Å². The summed E-state index contributed by atoms with van der Waals surface area (Å²) in [5.74, 6) is 1.73. The highest BCUT2D eigenvalue weighted by atomic mass is 35.5. The summed E-state index contributed by atoms with van der Waals surface area (Å²) in [5.41, 5.74) is 3.73. The van der Waals surface area contributed by atoms with Crippen molar-refractivity contribution in [3.63, 3.8) is 0 Å². The SMILES string of the molecule is CC(C)c1ccc2c(O)cc3c(c2c1)[C@H](CCl)CN3C(C)(C)C. The lowest BCUT2D eigenvalue weighted by molar-refractivity contribution is 0.479. The maximum absolute atomic E-state index is 10.5. The van der Waals surface area contributed by atoms with Crippen LogP contribution in [0, 0.1) is 0 Å². The summed E-state index contributed by atoms with van der Waals surface area (Å²) in [4.78, 5) is 2.37. The molecule has 0 aliphatic carbocycles. The third-order valence-corrected chi connectivity index (χ3v) is 5.30. The van der Waals surface area contributed by atoms with Crippen molar-refractivity contribution < 1.29 is 5.11 Å². The average molecular weight is 332 g/mol. The van der Waals surface area contributed by atoms with E-state index in [-0.39, 0.29) is 5.54 Å². The number of rotatable bonds is 2. The molecule has 1 aliphatic rings. The molecule has 0 saturated heterocycles. The molecule has 2 aromatic rings. The highest BCUT2D eigenvalue weighted by Crippen LogP contribution is 2.47. The molecule has 0 amide bonds. The molecule has 0 bridgehead atoms. The van der Waals surface area contributed by atoms with Crippen LogP contribution in [0.15, 0.2) is 24.3 Å². The second-order valence-corrected chi connectivity index (χ2v) is 8.23. The Morgan fingerprint density at radius 1 is 1.22 bits per heavy atom. The fourth-order valence-electron chi connectivity index (χ4n) is 3.61. The molecule has 23 heavy (non-hydrogen) atoms. The molecule has 0 spiro atoms. The lowest BCUT2D eigenvalue weighted by Crippen LogP contribution is -2.40. The Balaban J connectivity index is 2.32. The summed E-state index contributed by atoms with van der Waals surface area (Å²) >= 11 is 6.30. The van der Waals surface area contributed by atoms with E-state index in [1.807, 2.05) is 12.1 Å². The van der Waals surface area contributed by atoms with Crippen molar-refractivity contribution >= 4 is 28.1 Å². The van der Waals surface area contributed by atoms with Crippen LogP contribution in [-0.2, 0) is 0 Å². The number of halogens is 1. The molecule has 0 fully saturated rings. The molecule has 3 rings (SSSR count). The molecule has 1 heterocycles. The third kappa shape index (κ3) is 2.67. The Hall–Kier alpha value is -1.41. The quantitative estimate of drug-likeness (QED) is 0.723. The molecular weight excluding hydrogens is 306 g/mol. The van der Waals surface area contributed by atoms with Gasteiger partial charge in [0, 0.05) is 41.0 Å². The predicted molar refractivity (Wildman–Crippen MR) is 100 cm³/mol. The number of phenolic OH excluding ortho intramolecular Hbond substituents is 1. The van der Waals surface area contributed by atoms with Crippen LogP contribution in [0.4, 0.5) is 5.69 Å². The van der Waals surface area contributed by atoms with Gasteiger partial charge in [-0.25, -0.2) is 0 Å². The molecule has 0 saturated carbocycles. The van der Waals surface area contributed by atoms with Gasteiger partial charge in [0.1, 0.15) is 5.75 Å². The number of phenols is 1. The number of anilines is 1. The van der Waals surface area contributed by atoms with Crippen LogP contribution < -0.4 is 4.90 Å². The topological polar surface area (TPSA) is 23.5 Å². The zero-order valence-electron chi connectivity index (χ0n) is 14.7. The fraction of sp³-hybridized carbons (Fsp3) is 0.500. The molecule has 1 N–H and O–H groups in total. The van der Waals surface area contributed by atoms with Crippen LogP contribution in [0.1, 0.15) is 57.6 Å². The van der Waals surface area contributed by atoms with Gasteiger partial charge in [-0.2, -0.15) is 0 Å². The van der Waals surface area contributed by atoms with Crippen molar-refractivity contribution in [2.75, 3.05) is 17.3 Å². The van der Waals surface area contributed by atoms with E-state index >= 15 is 0 Å². The van der Waals surface area contributed by atoms with Gasteiger partial charge in [0.15, 0.2) is 0 Å². The zero-order valence-corrected chi connectivity index (χ0v) is 15.4. The van der Waals surface area contributed by atoms with E-state index < -0.39 is 0 Å². The minimum Gasteiger partial charge on any atom is -0.507 e. The maximum Gasteiger partial charge on any atom is 0.125 e. The molecule has 0 aromatic heterocycles. The molecule has 1 aliphatic heterocycles. The van der Waals surface area contributed by atoms with E-state index in [0.29, 0.717) is 23.5 Å². The highest BCUT2D eigenvalue weighted by molar-refractivity contribution is 6.18. The van der Waals surface area contributed by atoms with Gasteiger partial charge in [-0.1, -0.05) is 32.0 Å². The number of fused-ring (bicyclic) bond motifs is 3. The first kappa shape index (κ1) is 16.4. The minimum atomic E-state index is 0.00529. The lowest BCUT2D eigenvalue weighted by Gasteiger charge is -2.35. The molecule has 3 heteroatoms. The number of alkyl halides is 1. The van der Waals surface area contributed by atoms with E-state index in [0.717, 1.165) is 23.0 Å². The number of nitrogens with zero attached hydrogens (tertiary/aromatic N) is 1. The van der Waals surface area contributed by atoms with Gasteiger partial charge in [0.2, 0.25) is 0 Å². The summed E-state index contributed by atoms with van der Waals surface area (Å²) in [6.45, 7) is 11.9. The maximum atomic E-state index is 10.5. The summed E-state index contributed by atoms with van der Waals surface area (Å²) in [6.07, 6.45) is 0. The van der Waals surface area contributed by atoms with Crippen LogP contribution in [0.5, 0.6) is 5.75 Å². The first-order valence-corrected chi connectivity index (χ1v) is 8.90. The Bertz CT molecular complexity index is 745. The van der Waals surface area contributed by atoms with Gasteiger partial charge < -0.3 is 10.0 Å². The fourth-order valence-corrected chi connectivity index (χ4v) is 3.87. The molecule has 1 atom stereocenters. The van der Waals surface area contributed by atoms with E-state index in [4.69, 9.17) is 11.6 Å². The smallest absolute Gasteiger partial charge is 0.125 e. The normalized spacial score (nSPS) is 18.0. The van der Waals surface area contributed by atoms with Gasteiger partial charge in [-0.15, -0.1) is 11.6 Å². The molecule has 0 unspecified atom stereocenters. The van der Waals surface area contributed by atoms with E-state index in [2.05, 4.69) is 51.7 Å². The lowest BCUT2D eigenvalue weighted by atomic mass is 9.92. The van der Waals surface area contributed by atoms with Crippen LogP contribution >= 0.6 is 11.6 Å². The van der Waals surface area contributed by atoms with Crippen molar-refractivity contribution in [3.05, 3.63) is 35.4 Å². The molecule has 124 valence electrons. The number of hydrogen-bond donors (Lipinski definition) is 1. The Labute approximate surface area is 144 Å². The van der Waals surface area contributed by atoms with Gasteiger partial charge in [-0.05, 0) is 43.2 Å². The molecule has 2 aromatic carbocycles. The third-order valence-electron chi connectivity index (χ3n) is 4.92. The largest absolute Gasteiger partial charge is 0.507 e. The minimum absolute atomic E-state index is 0.00529. The Morgan fingerprint density at radius 2 is 1.91 bits per heavy atom. The van der Waals surface area contributed by atoms with Crippen LogP contribution in [-0.4, -0.2) is 23.1 Å². The number of aromatic hydroxyl groups is 1. The van der Waals surface area contributed by atoms with E-state index in [1.54, 1.807) is 0 Å². The van der Waals surface area contributed by atoms with Gasteiger partial charge in [-0.3, -0.25) is 0 Å². The van der Waals surface area contributed by atoms with Crippen molar-refractivity contribution in [2.24, 2.45) is 0 Å². The highest BCUT2D eigenvalue weighted by Gasteiger charge is 2.36. The Morgan fingerprint density at radius 3 is 2.48 bits per heavy atom. The summed E-state index contributed by atoms with van der Waals surface area (Å²) in [5, 5.41) is 12.6. The molecular formula is C20H26ClNO. The monoisotopic (exact) mass is 331 g/mol. The zero-order chi connectivity index (χ0) is 16.9. The number of benzene rings is 2. The first-order valence-electron chi connectivity index (χ1n) is 8.37. The van der Waals surface area contributed by atoms with Crippen molar-refractivity contribution in [1.82, 2.24) is 0 Å². The average Bonchev–Trinajstić information content (AvgIpc) is 2.85. The summed E-state index contributed by atoms with van der Waals surface area (Å²) < 4.78 is 0. The first-order chi connectivity index (χ1) is 10.7. The van der Waals surface area contributed by atoms with Gasteiger partial charge >= 0.3 is 0 Å². The summed E-state index contributed by atoms with van der Waals surface area (Å²) in [7, 11) is 0. The van der Waals surface area contributed by atoms with Crippen molar-refractivity contribution in [2.45, 2.75) is 52.0 Å². The molecule has 2 nitrogen and oxygen atoms in total. The van der Waals surface area contributed by atoms with Gasteiger partial charge in [0.25, 0.3) is 0 Å². The molecule has 0 radical (unpaired) electrons. The Kier molecular flexibility index (Phi) is 4.00. The second kappa shape index (κ2) is 5.59. The van der Waals surface area contributed by atoms with Crippen LogP contribution in [0.2, 0.25) is 0 Å². The standard InChI is InChI=1S/C20H26ClNO/c1-12(2)13-6-7-15-16(8-13)19-14(10-21)11-22(20(3,4)5)17(19)9-18(15)23/h6-9,12,14,23H,10-11H2,1-5H3/t14-/m1/s1. The van der Waals surface area contributed by atoms with E-state index in [9.17, 15) is 5.11 Å². The van der Waals surface area contributed by atoms with Crippen molar-refractivity contribution in [1.29, 1.82) is 0 Å². The second-order valence-electron chi connectivity index (χ2n) is 7.92. The van der Waals surface area contributed by atoms with Crippen LogP contribution in [0.25, 0.3) is 10.8 Å². The van der Waals surface area contributed by atoms with E-state index in [1.165, 1.54) is 11.1 Å². The van der Waals surface area contributed by atoms with Crippen LogP contribution in [0.3, 0.4) is 0 Å².